The molecule has 0 amide bonds. The normalized spacial score (nSPS) is 16.8. The molecule has 1 fully saturated rings. The van der Waals surface area contributed by atoms with Gasteiger partial charge in [-0.15, -0.1) is 0 Å². The lowest BCUT2D eigenvalue weighted by molar-refractivity contribution is 0.401. The molecular weight excluding hydrogens is 545 g/mol. The Morgan fingerprint density at radius 2 is 1.85 bits per heavy atom. The molecule has 5 rings (SSSR count). The molecular formula is C27H24F3N6O3S-. The average Bonchev–Trinajstić information content (AvgIpc) is 2.96. The van der Waals surface area contributed by atoms with Gasteiger partial charge >= 0.3 is 0 Å². The molecule has 40 heavy (non-hydrogen) atoms. The number of anilines is 1. The second-order valence-corrected chi connectivity index (χ2v) is 9.73. The maximum absolute atomic E-state index is 15.3. The standard InChI is InChI=1S/C27H25F3N6O3S/c28-17-7-5-16(6-8-17)25(36-40(37)38)20-9-10-22(24(30)23(20)29)39-26-19(4-2-13-32-26)21-11-14-33-27(35-21)34-18-3-1-12-31-15-18/h2,4-11,13-14,18,25,31,36H,1,3,12,15H2,(H,37,38)(H,33,34,35)/p-1/t18-,25-/m0/s1. The third-order valence-corrected chi connectivity index (χ3v) is 6.77. The second kappa shape index (κ2) is 12.5. The molecule has 3 N–H and O–H groups in total. The number of piperidine rings is 1. The van der Waals surface area contributed by atoms with E-state index in [-0.39, 0.29) is 23.0 Å². The number of halogens is 3. The fourth-order valence-corrected chi connectivity index (χ4v) is 4.87. The first-order chi connectivity index (χ1) is 19.4. The smallest absolute Gasteiger partial charge is 0.228 e. The Morgan fingerprint density at radius 3 is 2.60 bits per heavy atom. The largest absolute Gasteiger partial charge is 0.760 e. The molecule has 1 saturated heterocycles. The minimum atomic E-state index is -2.83. The van der Waals surface area contributed by atoms with Gasteiger partial charge < -0.3 is 19.9 Å². The highest BCUT2D eigenvalue weighted by Crippen LogP contribution is 2.35. The quantitative estimate of drug-likeness (QED) is 0.254. The Bertz CT molecular complexity index is 1510. The zero-order valence-corrected chi connectivity index (χ0v) is 21.8. The van der Waals surface area contributed by atoms with E-state index in [1.165, 1.54) is 30.5 Å². The maximum Gasteiger partial charge on any atom is 0.228 e. The maximum atomic E-state index is 15.3. The molecule has 0 aliphatic carbocycles. The molecule has 0 bridgehead atoms. The summed E-state index contributed by atoms with van der Waals surface area (Å²) in [6.07, 6.45) is 5.03. The van der Waals surface area contributed by atoms with Crippen molar-refractivity contribution in [1.82, 2.24) is 25.0 Å². The van der Waals surface area contributed by atoms with E-state index in [9.17, 15) is 13.2 Å². The molecule has 2 aromatic carbocycles. The lowest BCUT2D eigenvalue weighted by atomic mass is 9.98. The van der Waals surface area contributed by atoms with E-state index in [2.05, 4.69) is 30.3 Å². The molecule has 4 aromatic rings. The Labute approximate surface area is 230 Å². The summed E-state index contributed by atoms with van der Waals surface area (Å²) >= 11 is -2.83. The summed E-state index contributed by atoms with van der Waals surface area (Å²) in [6.45, 7) is 1.76. The number of pyridine rings is 1. The van der Waals surface area contributed by atoms with E-state index in [4.69, 9.17) is 4.74 Å². The van der Waals surface area contributed by atoms with Crippen LogP contribution in [0.4, 0.5) is 19.1 Å². The van der Waals surface area contributed by atoms with Gasteiger partial charge in [0.05, 0.1) is 17.3 Å². The van der Waals surface area contributed by atoms with Crippen LogP contribution < -0.4 is 20.1 Å². The van der Waals surface area contributed by atoms with Crippen LogP contribution >= 0.6 is 0 Å². The summed E-state index contributed by atoms with van der Waals surface area (Å²) < 4.78 is 74.6. The number of ether oxygens (including phenoxy) is 1. The van der Waals surface area contributed by atoms with Gasteiger partial charge in [0.25, 0.3) is 0 Å². The van der Waals surface area contributed by atoms with Crippen molar-refractivity contribution in [3.05, 3.63) is 95.6 Å². The SMILES string of the molecule is O=S([O-])N[C@@H](c1ccc(F)cc1)c1ccc(Oc2ncccc2-c2ccnc(N[C@H]3CCCNC3)n2)c(F)c1F. The van der Waals surface area contributed by atoms with Crippen molar-refractivity contribution in [2.45, 2.75) is 24.9 Å². The Balaban J connectivity index is 1.43. The number of nitrogens with zero attached hydrogens (tertiary/aromatic N) is 3. The minimum Gasteiger partial charge on any atom is -0.760 e. The fraction of sp³-hybridized carbons (Fsp3) is 0.222. The van der Waals surface area contributed by atoms with E-state index in [1.54, 1.807) is 24.4 Å². The number of hydrogen-bond acceptors (Lipinski definition) is 8. The molecule has 0 saturated carbocycles. The first-order valence-corrected chi connectivity index (χ1v) is 13.5. The lowest BCUT2D eigenvalue weighted by Gasteiger charge is -2.23. The van der Waals surface area contributed by atoms with Gasteiger partial charge in [0.15, 0.2) is 11.6 Å². The van der Waals surface area contributed by atoms with Crippen LogP contribution in [0.5, 0.6) is 11.6 Å². The molecule has 3 atom stereocenters. The summed E-state index contributed by atoms with van der Waals surface area (Å²) in [5.41, 5.74) is 0.777. The van der Waals surface area contributed by atoms with Gasteiger partial charge in [0.2, 0.25) is 17.6 Å². The third-order valence-electron chi connectivity index (χ3n) is 6.34. The van der Waals surface area contributed by atoms with Crippen molar-refractivity contribution in [2.75, 3.05) is 18.4 Å². The Hall–Kier alpha value is -3.91. The first-order valence-electron chi connectivity index (χ1n) is 12.4. The molecule has 9 nitrogen and oxygen atoms in total. The van der Waals surface area contributed by atoms with E-state index < -0.39 is 40.5 Å². The molecule has 2 aromatic heterocycles. The van der Waals surface area contributed by atoms with Gasteiger partial charge in [0, 0.05) is 41.8 Å². The predicted octanol–water partition coefficient (Wildman–Crippen LogP) is 4.39. The molecule has 13 heteroatoms. The van der Waals surface area contributed by atoms with Crippen LogP contribution in [0.3, 0.4) is 0 Å². The highest BCUT2D eigenvalue weighted by atomic mass is 32.2. The predicted molar refractivity (Wildman–Crippen MR) is 142 cm³/mol. The van der Waals surface area contributed by atoms with E-state index in [0.29, 0.717) is 17.2 Å². The van der Waals surface area contributed by atoms with E-state index in [1.807, 2.05) is 0 Å². The van der Waals surface area contributed by atoms with Gasteiger partial charge in [0.1, 0.15) is 5.82 Å². The molecule has 1 aliphatic rings. The van der Waals surface area contributed by atoms with Gasteiger partial charge in [-0.1, -0.05) is 18.2 Å². The van der Waals surface area contributed by atoms with Crippen LogP contribution in [-0.4, -0.2) is 42.8 Å². The highest BCUT2D eigenvalue weighted by molar-refractivity contribution is 7.77. The molecule has 1 unspecified atom stereocenters. The van der Waals surface area contributed by atoms with Crippen molar-refractivity contribution in [1.29, 1.82) is 0 Å². The average molecular weight is 570 g/mol. The number of hydrogen-bond donors (Lipinski definition) is 3. The molecule has 1 aliphatic heterocycles. The van der Waals surface area contributed by atoms with Crippen LogP contribution in [0.1, 0.15) is 30.0 Å². The van der Waals surface area contributed by atoms with Crippen LogP contribution in [0.25, 0.3) is 11.3 Å². The molecule has 208 valence electrons. The Kier molecular flexibility index (Phi) is 8.65. The summed E-state index contributed by atoms with van der Waals surface area (Å²) in [7, 11) is 0. The van der Waals surface area contributed by atoms with Gasteiger partial charge in [-0.05, 0) is 61.3 Å². The van der Waals surface area contributed by atoms with Crippen LogP contribution in [-0.2, 0) is 11.3 Å². The monoisotopic (exact) mass is 569 g/mol. The topological polar surface area (TPSA) is 124 Å². The van der Waals surface area contributed by atoms with Gasteiger partial charge in [-0.3, -0.25) is 4.21 Å². The summed E-state index contributed by atoms with van der Waals surface area (Å²) in [5, 5.41) is 6.61. The Morgan fingerprint density at radius 1 is 1.02 bits per heavy atom. The molecule has 0 spiro atoms. The number of nitrogens with one attached hydrogen (secondary N) is 3. The van der Waals surface area contributed by atoms with Gasteiger partial charge in [-0.25, -0.2) is 28.5 Å². The van der Waals surface area contributed by atoms with Crippen molar-refractivity contribution in [3.63, 3.8) is 0 Å². The zero-order valence-electron chi connectivity index (χ0n) is 20.9. The summed E-state index contributed by atoms with van der Waals surface area (Å²) in [6, 6.07) is 10.9. The fourth-order valence-electron chi connectivity index (χ4n) is 4.42. The number of aromatic nitrogens is 3. The minimum absolute atomic E-state index is 0.0218. The van der Waals surface area contributed by atoms with E-state index in [0.717, 1.165) is 38.1 Å². The lowest BCUT2D eigenvalue weighted by Crippen LogP contribution is -2.38. The van der Waals surface area contributed by atoms with Crippen molar-refractivity contribution in [2.24, 2.45) is 0 Å². The summed E-state index contributed by atoms with van der Waals surface area (Å²) in [5.74, 6) is -3.33. The number of rotatable bonds is 9. The van der Waals surface area contributed by atoms with Crippen molar-refractivity contribution < 1.29 is 26.7 Å². The molecule has 3 heterocycles. The highest BCUT2D eigenvalue weighted by Gasteiger charge is 2.24. The van der Waals surface area contributed by atoms with Gasteiger partial charge in [-0.2, -0.15) is 4.39 Å². The van der Waals surface area contributed by atoms with Crippen LogP contribution in [0.2, 0.25) is 0 Å². The van der Waals surface area contributed by atoms with Crippen molar-refractivity contribution >= 4 is 17.2 Å². The van der Waals surface area contributed by atoms with Crippen LogP contribution in [0.15, 0.2) is 67.0 Å². The third kappa shape index (κ3) is 6.45. The van der Waals surface area contributed by atoms with Crippen molar-refractivity contribution in [3.8, 4) is 22.9 Å². The van der Waals surface area contributed by atoms with E-state index >= 15 is 8.78 Å². The molecule has 0 radical (unpaired) electrons. The first kappa shape index (κ1) is 27.6. The van der Waals surface area contributed by atoms with Crippen LogP contribution in [0, 0.1) is 17.5 Å². The zero-order chi connectivity index (χ0) is 28.1. The second-order valence-electron chi connectivity index (χ2n) is 9.03. The number of benzene rings is 2. The summed E-state index contributed by atoms with van der Waals surface area (Å²) in [4.78, 5) is 13.0.